The van der Waals surface area contributed by atoms with Crippen LogP contribution < -0.4 is 5.73 Å². The largest absolute Gasteiger partial charge is 0.326 e. The van der Waals surface area contributed by atoms with E-state index in [0.717, 1.165) is 11.0 Å². The molecule has 2 rings (SSSR count). The predicted molar refractivity (Wildman–Crippen MR) is 68.1 cm³/mol. The van der Waals surface area contributed by atoms with Gasteiger partial charge in [0.1, 0.15) is 0 Å². The highest BCUT2D eigenvalue weighted by Crippen LogP contribution is 2.14. The molecule has 0 saturated heterocycles. The third-order valence-electron chi connectivity index (χ3n) is 2.58. The average Bonchev–Trinajstić information content (AvgIpc) is 2.67. The highest BCUT2D eigenvalue weighted by Gasteiger charge is 2.02. The molecule has 0 radical (unpaired) electrons. The first-order valence-electron chi connectivity index (χ1n) is 5.15. The molecule has 1 aromatic heterocycles. The maximum absolute atomic E-state index is 5.60. The number of hydrogen-bond donors (Lipinski definition) is 1. The second-order valence-corrected chi connectivity index (χ2v) is 4.74. The summed E-state index contributed by atoms with van der Waals surface area (Å²) in [5.74, 6) is 0. The van der Waals surface area contributed by atoms with E-state index in [-0.39, 0.29) is 0 Å². The van der Waals surface area contributed by atoms with E-state index in [2.05, 4.69) is 46.2 Å². The van der Waals surface area contributed by atoms with Crippen LogP contribution in [0.15, 0.2) is 35.1 Å². The van der Waals surface area contributed by atoms with Crippen molar-refractivity contribution in [3.8, 4) is 0 Å². The summed E-state index contributed by atoms with van der Waals surface area (Å²) in [7, 11) is 0. The normalized spacial score (nSPS) is 10.7. The first kappa shape index (κ1) is 11.4. The summed E-state index contributed by atoms with van der Waals surface area (Å²) >= 11 is 3.39. The van der Waals surface area contributed by atoms with Crippen molar-refractivity contribution in [2.45, 2.75) is 20.0 Å². The first-order valence-corrected chi connectivity index (χ1v) is 5.95. The Bertz CT molecular complexity index is 491. The van der Waals surface area contributed by atoms with E-state index in [1.54, 1.807) is 6.20 Å². The molecule has 0 unspecified atom stereocenters. The Kier molecular flexibility index (Phi) is 3.41. The van der Waals surface area contributed by atoms with Gasteiger partial charge in [-0.05, 0) is 39.5 Å². The molecule has 0 aliphatic rings. The number of aromatic nitrogens is 2. The van der Waals surface area contributed by atoms with Crippen LogP contribution in [-0.4, -0.2) is 9.78 Å². The Morgan fingerprint density at radius 1 is 1.44 bits per heavy atom. The number of hydrogen-bond acceptors (Lipinski definition) is 2. The second-order valence-electron chi connectivity index (χ2n) is 3.82. The predicted octanol–water partition coefficient (Wildman–Crippen LogP) is 2.46. The van der Waals surface area contributed by atoms with Crippen LogP contribution in [0.5, 0.6) is 0 Å². The smallest absolute Gasteiger partial charge is 0.0662 e. The quantitative estimate of drug-likeness (QED) is 0.938. The summed E-state index contributed by atoms with van der Waals surface area (Å²) in [5, 5.41) is 4.24. The van der Waals surface area contributed by atoms with Gasteiger partial charge in [0, 0.05) is 12.7 Å². The average molecular weight is 280 g/mol. The lowest BCUT2D eigenvalue weighted by Gasteiger charge is -2.07. The molecule has 0 bridgehead atoms. The fourth-order valence-corrected chi connectivity index (χ4v) is 1.99. The lowest BCUT2D eigenvalue weighted by molar-refractivity contribution is 0.683. The van der Waals surface area contributed by atoms with E-state index in [1.165, 1.54) is 16.7 Å². The van der Waals surface area contributed by atoms with Gasteiger partial charge in [-0.3, -0.25) is 4.68 Å². The van der Waals surface area contributed by atoms with Gasteiger partial charge in [0.05, 0.1) is 17.2 Å². The molecule has 0 aliphatic carbocycles. The van der Waals surface area contributed by atoms with Crippen molar-refractivity contribution >= 4 is 15.9 Å². The Balaban J connectivity index is 2.21. The van der Waals surface area contributed by atoms with Crippen LogP contribution >= 0.6 is 15.9 Å². The molecule has 0 amide bonds. The van der Waals surface area contributed by atoms with E-state index in [4.69, 9.17) is 5.73 Å². The van der Waals surface area contributed by atoms with Crippen molar-refractivity contribution in [1.82, 2.24) is 9.78 Å². The molecule has 0 spiro atoms. The zero-order valence-electron chi connectivity index (χ0n) is 9.15. The van der Waals surface area contributed by atoms with Gasteiger partial charge in [0.15, 0.2) is 0 Å². The molecule has 84 valence electrons. The van der Waals surface area contributed by atoms with Gasteiger partial charge in [-0.15, -0.1) is 0 Å². The fourth-order valence-electron chi connectivity index (χ4n) is 1.66. The SMILES string of the molecule is Cc1cc(CN)ccc1Cn1cc(Br)cn1. The molecule has 1 aromatic carbocycles. The lowest BCUT2D eigenvalue weighted by Crippen LogP contribution is -2.03. The highest BCUT2D eigenvalue weighted by atomic mass is 79.9. The van der Waals surface area contributed by atoms with Gasteiger partial charge in [0.2, 0.25) is 0 Å². The number of benzene rings is 1. The Morgan fingerprint density at radius 2 is 2.25 bits per heavy atom. The van der Waals surface area contributed by atoms with Gasteiger partial charge in [0.25, 0.3) is 0 Å². The second kappa shape index (κ2) is 4.80. The van der Waals surface area contributed by atoms with Gasteiger partial charge in [-0.25, -0.2) is 0 Å². The van der Waals surface area contributed by atoms with Crippen molar-refractivity contribution in [2.75, 3.05) is 0 Å². The van der Waals surface area contributed by atoms with Gasteiger partial charge < -0.3 is 5.73 Å². The van der Waals surface area contributed by atoms with Crippen LogP contribution in [0.4, 0.5) is 0 Å². The third-order valence-corrected chi connectivity index (χ3v) is 2.99. The summed E-state index contributed by atoms with van der Waals surface area (Å²) in [6.45, 7) is 3.49. The number of aryl methyl sites for hydroxylation is 1. The summed E-state index contributed by atoms with van der Waals surface area (Å²) < 4.78 is 2.91. The topological polar surface area (TPSA) is 43.8 Å². The van der Waals surface area contributed by atoms with Gasteiger partial charge in [-0.1, -0.05) is 18.2 Å². The number of nitrogens with two attached hydrogens (primary N) is 1. The maximum atomic E-state index is 5.60. The van der Waals surface area contributed by atoms with Crippen LogP contribution in [0.2, 0.25) is 0 Å². The minimum Gasteiger partial charge on any atom is -0.326 e. The summed E-state index contributed by atoms with van der Waals surface area (Å²) in [4.78, 5) is 0. The molecule has 0 saturated carbocycles. The Morgan fingerprint density at radius 3 is 2.81 bits per heavy atom. The number of rotatable bonds is 3. The molecule has 2 aromatic rings. The Hall–Kier alpha value is -1.13. The highest BCUT2D eigenvalue weighted by molar-refractivity contribution is 9.10. The Labute approximate surface area is 103 Å². The van der Waals surface area contributed by atoms with E-state index in [1.807, 2.05) is 10.9 Å². The molecule has 2 N–H and O–H groups in total. The molecular weight excluding hydrogens is 266 g/mol. The van der Waals surface area contributed by atoms with Crippen LogP contribution in [0.1, 0.15) is 16.7 Å². The first-order chi connectivity index (χ1) is 7.69. The summed E-state index contributed by atoms with van der Waals surface area (Å²) in [5.41, 5.74) is 9.30. The monoisotopic (exact) mass is 279 g/mol. The van der Waals surface area contributed by atoms with Crippen molar-refractivity contribution in [3.05, 3.63) is 51.8 Å². The molecule has 0 aliphatic heterocycles. The minimum absolute atomic E-state index is 0.592. The van der Waals surface area contributed by atoms with Crippen LogP contribution in [-0.2, 0) is 13.1 Å². The number of halogens is 1. The van der Waals surface area contributed by atoms with E-state index in [0.29, 0.717) is 6.54 Å². The maximum Gasteiger partial charge on any atom is 0.0662 e. The third kappa shape index (κ3) is 2.51. The molecule has 1 heterocycles. The minimum atomic E-state index is 0.592. The van der Waals surface area contributed by atoms with Crippen LogP contribution in [0.25, 0.3) is 0 Å². The van der Waals surface area contributed by atoms with Crippen molar-refractivity contribution in [2.24, 2.45) is 5.73 Å². The zero-order chi connectivity index (χ0) is 11.5. The van der Waals surface area contributed by atoms with E-state index < -0.39 is 0 Å². The fraction of sp³-hybridized carbons (Fsp3) is 0.250. The van der Waals surface area contributed by atoms with Crippen molar-refractivity contribution in [1.29, 1.82) is 0 Å². The summed E-state index contributed by atoms with van der Waals surface area (Å²) in [6.07, 6.45) is 3.76. The molecule has 0 atom stereocenters. The molecule has 16 heavy (non-hydrogen) atoms. The van der Waals surface area contributed by atoms with Gasteiger partial charge >= 0.3 is 0 Å². The lowest BCUT2D eigenvalue weighted by atomic mass is 10.1. The van der Waals surface area contributed by atoms with Crippen molar-refractivity contribution in [3.63, 3.8) is 0 Å². The van der Waals surface area contributed by atoms with Crippen LogP contribution in [0, 0.1) is 6.92 Å². The van der Waals surface area contributed by atoms with Gasteiger partial charge in [-0.2, -0.15) is 5.10 Å². The van der Waals surface area contributed by atoms with Crippen molar-refractivity contribution < 1.29 is 0 Å². The molecule has 4 heteroatoms. The number of nitrogens with zero attached hydrogens (tertiary/aromatic N) is 2. The van der Waals surface area contributed by atoms with E-state index >= 15 is 0 Å². The molecule has 3 nitrogen and oxygen atoms in total. The van der Waals surface area contributed by atoms with E-state index in [9.17, 15) is 0 Å². The molecular formula is C12H14BrN3. The zero-order valence-corrected chi connectivity index (χ0v) is 10.7. The standard InChI is InChI=1S/C12H14BrN3/c1-9-4-10(5-14)2-3-11(9)7-16-8-12(13)6-15-16/h2-4,6,8H,5,7,14H2,1H3. The van der Waals surface area contributed by atoms with Crippen LogP contribution in [0.3, 0.4) is 0 Å². The molecule has 0 fully saturated rings. The summed E-state index contributed by atoms with van der Waals surface area (Å²) in [6, 6.07) is 6.32.